The van der Waals surface area contributed by atoms with Gasteiger partial charge in [-0.1, -0.05) is 6.07 Å². The van der Waals surface area contributed by atoms with Crippen LogP contribution in [-0.2, 0) is 0 Å². The molecular weight excluding hydrogens is 260 g/mol. The lowest BCUT2D eigenvalue weighted by Crippen LogP contribution is -2.32. The third-order valence-electron chi connectivity index (χ3n) is 1.96. The van der Waals surface area contributed by atoms with Crippen LogP contribution in [0.15, 0.2) is 18.2 Å². The number of rotatable bonds is 5. The fourth-order valence-electron chi connectivity index (χ4n) is 1.45. The van der Waals surface area contributed by atoms with Crippen molar-refractivity contribution in [2.75, 3.05) is 0 Å². The van der Waals surface area contributed by atoms with E-state index in [0.29, 0.717) is 17.1 Å². The molecule has 3 nitrogen and oxygen atoms in total. The summed E-state index contributed by atoms with van der Waals surface area (Å²) in [7, 11) is -3.50. The highest BCUT2D eigenvalue weighted by atomic mass is 28.4. The van der Waals surface area contributed by atoms with Gasteiger partial charge in [0.1, 0.15) is 5.75 Å². The summed E-state index contributed by atoms with van der Waals surface area (Å²) in [5.74, 6) is 1.30. The van der Waals surface area contributed by atoms with Crippen LogP contribution in [0.2, 0.25) is 39.3 Å². The van der Waals surface area contributed by atoms with Gasteiger partial charge in [-0.15, -0.1) is 0 Å². The van der Waals surface area contributed by atoms with Crippen LogP contribution in [0, 0.1) is 0 Å². The molecule has 0 radical (unpaired) electrons. The van der Waals surface area contributed by atoms with Crippen LogP contribution in [0.1, 0.15) is 10.4 Å². The van der Waals surface area contributed by atoms with E-state index < -0.39 is 16.6 Å². The molecule has 0 atom stereocenters. The largest absolute Gasteiger partial charge is 0.542 e. The van der Waals surface area contributed by atoms with E-state index in [0.717, 1.165) is 6.29 Å². The lowest BCUT2D eigenvalue weighted by Gasteiger charge is -2.26. The highest BCUT2D eigenvalue weighted by molar-refractivity contribution is 6.71. The molecule has 1 aromatic carbocycles. The van der Waals surface area contributed by atoms with Crippen molar-refractivity contribution in [2.24, 2.45) is 0 Å². The molecule has 0 aliphatic carbocycles. The van der Waals surface area contributed by atoms with E-state index in [-0.39, 0.29) is 0 Å². The van der Waals surface area contributed by atoms with Crippen LogP contribution in [0.5, 0.6) is 11.5 Å². The molecule has 0 fully saturated rings. The summed E-state index contributed by atoms with van der Waals surface area (Å²) in [6, 6.07) is 5.47. The van der Waals surface area contributed by atoms with Crippen molar-refractivity contribution >= 4 is 22.9 Å². The summed E-state index contributed by atoms with van der Waals surface area (Å²) in [6.45, 7) is 12.6. The molecule has 0 bridgehead atoms. The van der Waals surface area contributed by atoms with E-state index in [1.165, 1.54) is 0 Å². The third kappa shape index (κ3) is 4.66. The molecule has 0 saturated carbocycles. The topological polar surface area (TPSA) is 35.5 Å². The maximum Gasteiger partial charge on any atom is 0.242 e. The number of aldehydes is 1. The zero-order valence-electron chi connectivity index (χ0n) is 12.0. The first-order chi connectivity index (χ1) is 8.12. The van der Waals surface area contributed by atoms with Crippen molar-refractivity contribution in [3.05, 3.63) is 23.8 Å². The number of benzene rings is 1. The zero-order chi connectivity index (χ0) is 14.0. The van der Waals surface area contributed by atoms with Crippen molar-refractivity contribution in [1.29, 1.82) is 0 Å². The van der Waals surface area contributed by atoms with Gasteiger partial charge in [0.2, 0.25) is 16.6 Å². The van der Waals surface area contributed by atoms with E-state index in [1.807, 2.05) is 12.1 Å². The molecule has 0 aliphatic rings. The Hall–Kier alpha value is -1.08. The van der Waals surface area contributed by atoms with E-state index >= 15 is 0 Å². The van der Waals surface area contributed by atoms with E-state index in [9.17, 15) is 4.79 Å². The molecule has 5 heteroatoms. The molecule has 0 aromatic heterocycles. The predicted octanol–water partition coefficient (Wildman–Crippen LogP) is 3.93. The predicted molar refractivity (Wildman–Crippen MR) is 79.8 cm³/mol. The van der Waals surface area contributed by atoms with Crippen molar-refractivity contribution in [3.8, 4) is 11.5 Å². The molecule has 1 aromatic rings. The molecule has 0 spiro atoms. The minimum atomic E-state index is -1.78. The first-order valence-electron chi connectivity index (χ1n) is 6.08. The van der Waals surface area contributed by atoms with Crippen LogP contribution in [0.4, 0.5) is 0 Å². The third-order valence-corrected chi connectivity index (χ3v) is 3.61. The number of para-hydroxylation sites is 1. The van der Waals surface area contributed by atoms with Crippen LogP contribution in [0.25, 0.3) is 0 Å². The van der Waals surface area contributed by atoms with Crippen LogP contribution >= 0.6 is 0 Å². The fraction of sp³-hybridized carbons (Fsp3) is 0.462. The van der Waals surface area contributed by atoms with Gasteiger partial charge in [-0.3, -0.25) is 4.79 Å². The Morgan fingerprint density at radius 1 is 0.944 bits per heavy atom. The summed E-state index contributed by atoms with van der Waals surface area (Å²) in [4.78, 5) is 11.1. The molecule has 1 rings (SSSR count). The van der Waals surface area contributed by atoms with Gasteiger partial charge in [-0.25, -0.2) is 0 Å². The summed E-state index contributed by atoms with van der Waals surface area (Å²) in [5, 5.41) is 0. The molecule has 100 valence electrons. The van der Waals surface area contributed by atoms with Crippen molar-refractivity contribution < 1.29 is 13.6 Å². The number of hydrogen-bond donors (Lipinski definition) is 0. The molecule has 0 unspecified atom stereocenters. The average molecular weight is 282 g/mol. The van der Waals surface area contributed by atoms with Crippen LogP contribution in [-0.4, -0.2) is 22.9 Å². The first kappa shape index (κ1) is 15.0. The summed E-state index contributed by atoms with van der Waals surface area (Å²) >= 11 is 0. The quantitative estimate of drug-likeness (QED) is 0.606. The van der Waals surface area contributed by atoms with Gasteiger partial charge < -0.3 is 8.85 Å². The number of carbonyl (C=O) groups excluding carboxylic acids is 1. The van der Waals surface area contributed by atoms with Crippen molar-refractivity contribution in [1.82, 2.24) is 0 Å². The van der Waals surface area contributed by atoms with Gasteiger partial charge in [0.25, 0.3) is 0 Å². The second-order valence-electron chi connectivity index (χ2n) is 6.22. The maximum absolute atomic E-state index is 11.1. The van der Waals surface area contributed by atoms with Gasteiger partial charge >= 0.3 is 0 Å². The van der Waals surface area contributed by atoms with E-state index in [1.54, 1.807) is 6.07 Å². The molecule has 0 amide bonds. The number of carbonyl (C=O) groups is 1. The zero-order valence-corrected chi connectivity index (χ0v) is 14.0. The first-order valence-corrected chi connectivity index (χ1v) is 12.9. The lowest BCUT2D eigenvalue weighted by atomic mass is 10.2. The average Bonchev–Trinajstić information content (AvgIpc) is 2.16. The van der Waals surface area contributed by atoms with Crippen molar-refractivity contribution in [3.63, 3.8) is 0 Å². The monoisotopic (exact) mass is 282 g/mol. The Morgan fingerprint density at radius 2 is 1.50 bits per heavy atom. The molecule has 0 aliphatic heterocycles. The molecule has 18 heavy (non-hydrogen) atoms. The summed E-state index contributed by atoms with van der Waals surface area (Å²) in [6.07, 6.45) is 0.826. The normalized spacial score (nSPS) is 12.1. The Balaban J connectivity index is 3.20. The fourth-order valence-corrected chi connectivity index (χ4v) is 3.10. The summed E-state index contributed by atoms with van der Waals surface area (Å²) < 4.78 is 12.0. The van der Waals surface area contributed by atoms with Crippen molar-refractivity contribution in [2.45, 2.75) is 39.3 Å². The summed E-state index contributed by atoms with van der Waals surface area (Å²) in [5.41, 5.74) is 0.563. The Labute approximate surface area is 111 Å². The highest BCUT2D eigenvalue weighted by Gasteiger charge is 2.24. The molecule has 0 saturated heterocycles. The second kappa shape index (κ2) is 5.28. The van der Waals surface area contributed by atoms with Gasteiger partial charge in [0.15, 0.2) is 12.0 Å². The lowest BCUT2D eigenvalue weighted by molar-refractivity contribution is 0.112. The van der Waals surface area contributed by atoms with Gasteiger partial charge in [0, 0.05) is 0 Å². The minimum absolute atomic E-state index is 0.563. The molecule has 0 heterocycles. The Kier molecular flexibility index (Phi) is 4.39. The number of hydrogen-bond acceptors (Lipinski definition) is 3. The highest BCUT2D eigenvalue weighted by Crippen LogP contribution is 2.34. The minimum Gasteiger partial charge on any atom is -0.542 e. The van der Waals surface area contributed by atoms with E-state index in [4.69, 9.17) is 8.85 Å². The van der Waals surface area contributed by atoms with E-state index in [2.05, 4.69) is 39.3 Å². The van der Waals surface area contributed by atoms with Gasteiger partial charge in [0.05, 0.1) is 5.56 Å². The van der Waals surface area contributed by atoms with Crippen LogP contribution < -0.4 is 8.85 Å². The Bertz CT molecular complexity index is 431. The smallest absolute Gasteiger partial charge is 0.242 e. The van der Waals surface area contributed by atoms with Gasteiger partial charge in [-0.2, -0.15) is 0 Å². The Morgan fingerprint density at radius 3 is 1.94 bits per heavy atom. The second-order valence-corrected chi connectivity index (χ2v) is 15.1. The van der Waals surface area contributed by atoms with Crippen LogP contribution in [0.3, 0.4) is 0 Å². The SMILES string of the molecule is C[Si](C)(C)Oc1cccc(C=O)c1O[Si](C)(C)C. The molecule has 0 N–H and O–H groups in total. The maximum atomic E-state index is 11.1. The molecular formula is C13H22O3Si2. The standard InChI is InChI=1S/C13H22O3Si2/c1-17(2,3)15-12-9-7-8-11(10-14)13(12)16-18(4,5)6/h7-10H,1-6H3. The van der Waals surface area contributed by atoms with Gasteiger partial charge in [-0.05, 0) is 51.4 Å².